The number of aromatic nitrogens is 1. The number of rotatable bonds is 5. The number of nitrogens with zero attached hydrogens (tertiary/aromatic N) is 1. The molecule has 0 spiro atoms. The molecule has 128 valence electrons. The number of anilines is 1. The number of hydrogen-bond acceptors (Lipinski definition) is 4. The second-order valence-corrected chi connectivity index (χ2v) is 6.02. The summed E-state index contributed by atoms with van der Waals surface area (Å²) in [5.41, 5.74) is 2.09. The second kappa shape index (κ2) is 6.94. The minimum atomic E-state index is -0.466. The van der Waals surface area contributed by atoms with Crippen LogP contribution in [0.2, 0.25) is 5.02 Å². The lowest BCUT2D eigenvalue weighted by atomic mass is 10.1. The number of nitrogens with one attached hydrogen (secondary N) is 1. The molecule has 0 aliphatic heterocycles. The summed E-state index contributed by atoms with van der Waals surface area (Å²) >= 11 is 5.78. The van der Waals surface area contributed by atoms with Crippen molar-refractivity contribution in [1.82, 2.24) is 4.57 Å². The highest BCUT2D eigenvalue weighted by atomic mass is 35.5. The maximum absolute atomic E-state index is 12.1. The van der Waals surface area contributed by atoms with E-state index in [0.717, 1.165) is 0 Å². The van der Waals surface area contributed by atoms with Gasteiger partial charge >= 0.3 is 5.76 Å². The maximum Gasteiger partial charge on any atom is 0.419 e. The number of halogens is 1. The smallest absolute Gasteiger partial charge is 0.408 e. The minimum absolute atomic E-state index is 0.0593. The van der Waals surface area contributed by atoms with Gasteiger partial charge in [-0.1, -0.05) is 11.6 Å². The van der Waals surface area contributed by atoms with E-state index in [-0.39, 0.29) is 24.5 Å². The van der Waals surface area contributed by atoms with Crippen LogP contribution < -0.4 is 11.1 Å². The molecule has 0 aliphatic rings. The normalized spacial score (nSPS) is 10.8. The molecular weight excluding hydrogens is 344 g/mol. The van der Waals surface area contributed by atoms with Crippen LogP contribution in [0.1, 0.15) is 23.2 Å². The van der Waals surface area contributed by atoms with E-state index in [2.05, 4.69) is 5.32 Å². The van der Waals surface area contributed by atoms with E-state index in [1.807, 2.05) is 0 Å². The van der Waals surface area contributed by atoms with Gasteiger partial charge in [0.25, 0.3) is 0 Å². The van der Waals surface area contributed by atoms with Crippen LogP contribution in [0.3, 0.4) is 0 Å². The lowest BCUT2D eigenvalue weighted by molar-refractivity contribution is -0.116. The zero-order chi connectivity index (χ0) is 18.0. The van der Waals surface area contributed by atoms with Crippen LogP contribution in [0.4, 0.5) is 5.69 Å². The topological polar surface area (TPSA) is 81.3 Å². The van der Waals surface area contributed by atoms with Crippen LogP contribution in [0, 0.1) is 0 Å². The van der Waals surface area contributed by atoms with Crippen molar-refractivity contribution < 1.29 is 14.0 Å². The highest BCUT2D eigenvalue weighted by Crippen LogP contribution is 2.18. The number of Topliss-reactive ketones (excluding diaryl/α,β-unsaturated/α-hetero) is 1. The van der Waals surface area contributed by atoms with Gasteiger partial charge in [0.05, 0.1) is 5.52 Å². The summed E-state index contributed by atoms with van der Waals surface area (Å²) in [6.07, 6.45) is 0.156. The van der Waals surface area contributed by atoms with Crippen LogP contribution in [-0.4, -0.2) is 16.3 Å². The van der Waals surface area contributed by atoms with E-state index in [1.165, 1.54) is 4.57 Å². The maximum atomic E-state index is 12.1. The molecule has 1 heterocycles. The molecule has 0 bridgehead atoms. The molecule has 0 radical (unpaired) electrons. The van der Waals surface area contributed by atoms with Crippen LogP contribution >= 0.6 is 11.6 Å². The first-order chi connectivity index (χ1) is 11.9. The largest absolute Gasteiger partial charge is 0.419 e. The van der Waals surface area contributed by atoms with E-state index in [9.17, 15) is 14.4 Å². The first kappa shape index (κ1) is 17.0. The monoisotopic (exact) mass is 358 g/mol. The summed E-state index contributed by atoms with van der Waals surface area (Å²) in [4.78, 5) is 35.6. The number of amides is 1. The Balaban J connectivity index is 1.62. The Labute approximate surface area is 148 Å². The lowest BCUT2D eigenvalue weighted by Crippen LogP contribution is -2.13. The summed E-state index contributed by atoms with van der Waals surface area (Å²) in [6, 6.07) is 11.5. The Morgan fingerprint density at radius 2 is 1.84 bits per heavy atom. The van der Waals surface area contributed by atoms with Crippen molar-refractivity contribution in [1.29, 1.82) is 0 Å². The molecule has 1 N–H and O–H groups in total. The molecule has 1 amide bonds. The third-order valence-corrected chi connectivity index (χ3v) is 4.07. The van der Waals surface area contributed by atoms with Crippen molar-refractivity contribution in [2.24, 2.45) is 7.05 Å². The SMILES string of the molecule is Cn1c(=O)oc2ccc(NC(=O)CCC(=O)c3ccc(Cl)cc3)cc21. The number of hydrogen-bond donors (Lipinski definition) is 1. The van der Waals surface area contributed by atoms with Crippen LogP contribution in [0.15, 0.2) is 51.7 Å². The Morgan fingerprint density at radius 3 is 2.56 bits per heavy atom. The highest BCUT2D eigenvalue weighted by molar-refractivity contribution is 6.30. The molecule has 25 heavy (non-hydrogen) atoms. The molecule has 0 atom stereocenters. The second-order valence-electron chi connectivity index (χ2n) is 5.59. The molecule has 3 rings (SSSR count). The van der Waals surface area contributed by atoms with Crippen molar-refractivity contribution >= 4 is 40.1 Å². The lowest BCUT2D eigenvalue weighted by Gasteiger charge is -2.05. The number of fused-ring (bicyclic) bond motifs is 1. The molecule has 0 fully saturated rings. The average Bonchev–Trinajstić information content (AvgIpc) is 2.88. The van der Waals surface area contributed by atoms with Gasteiger partial charge in [-0.2, -0.15) is 0 Å². The fourth-order valence-corrected chi connectivity index (χ4v) is 2.56. The van der Waals surface area contributed by atoms with Crippen LogP contribution in [-0.2, 0) is 11.8 Å². The zero-order valence-electron chi connectivity index (χ0n) is 13.4. The quantitative estimate of drug-likeness (QED) is 0.709. The third-order valence-electron chi connectivity index (χ3n) is 3.82. The molecule has 0 saturated heterocycles. The van der Waals surface area contributed by atoms with E-state index in [4.69, 9.17) is 16.0 Å². The number of carbonyl (C=O) groups excluding carboxylic acids is 2. The molecule has 0 aliphatic carbocycles. The fourth-order valence-electron chi connectivity index (χ4n) is 2.44. The summed E-state index contributed by atoms with van der Waals surface area (Å²) < 4.78 is 6.39. The zero-order valence-corrected chi connectivity index (χ0v) is 14.2. The molecule has 0 unspecified atom stereocenters. The first-order valence-electron chi connectivity index (χ1n) is 7.62. The highest BCUT2D eigenvalue weighted by Gasteiger charge is 2.11. The molecule has 0 saturated carbocycles. The predicted octanol–water partition coefficient (Wildman–Crippen LogP) is 3.39. The summed E-state index contributed by atoms with van der Waals surface area (Å²) in [7, 11) is 1.59. The van der Waals surface area contributed by atoms with Gasteiger partial charge in [-0.05, 0) is 42.5 Å². The number of aryl methyl sites for hydroxylation is 1. The van der Waals surface area contributed by atoms with Crippen LogP contribution in [0.25, 0.3) is 11.1 Å². The van der Waals surface area contributed by atoms with E-state index in [1.54, 1.807) is 49.5 Å². The van der Waals surface area contributed by atoms with E-state index >= 15 is 0 Å². The minimum Gasteiger partial charge on any atom is -0.408 e. The number of benzene rings is 2. The first-order valence-corrected chi connectivity index (χ1v) is 8.00. The molecule has 3 aromatic rings. The van der Waals surface area contributed by atoms with E-state index in [0.29, 0.717) is 27.4 Å². The number of oxazole rings is 1. The van der Waals surface area contributed by atoms with Gasteiger partial charge in [-0.3, -0.25) is 14.2 Å². The molecule has 6 nitrogen and oxygen atoms in total. The van der Waals surface area contributed by atoms with Gasteiger partial charge in [-0.15, -0.1) is 0 Å². The van der Waals surface area contributed by atoms with E-state index < -0.39 is 5.76 Å². The van der Waals surface area contributed by atoms with Gasteiger partial charge in [-0.25, -0.2) is 4.79 Å². The van der Waals surface area contributed by atoms with Crippen molar-refractivity contribution in [3.63, 3.8) is 0 Å². The van der Waals surface area contributed by atoms with Gasteiger partial charge in [0.1, 0.15) is 0 Å². The van der Waals surface area contributed by atoms with Gasteiger partial charge in [0.2, 0.25) is 5.91 Å². The Morgan fingerprint density at radius 1 is 1.12 bits per heavy atom. The summed E-state index contributed by atoms with van der Waals surface area (Å²) in [6.45, 7) is 0. The molecule has 7 heteroatoms. The summed E-state index contributed by atoms with van der Waals surface area (Å²) in [5, 5.41) is 3.27. The molecule has 1 aromatic heterocycles. The fraction of sp³-hybridized carbons (Fsp3) is 0.167. The van der Waals surface area contributed by atoms with Gasteiger partial charge < -0.3 is 9.73 Å². The third kappa shape index (κ3) is 3.80. The van der Waals surface area contributed by atoms with Crippen molar-refractivity contribution in [2.45, 2.75) is 12.8 Å². The summed E-state index contributed by atoms with van der Waals surface area (Å²) in [5.74, 6) is -0.873. The van der Waals surface area contributed by atoms with Gasteiger partial charge in [0, 0.05) is 36.2 Å². The number of ketones is 1. The van der Waals surface area contributed by atoms with Crippen molar-refractivity contribution in [2.75, 3.05) is 5.32 Å². The molecular formula is C18H15ClN2O4. The Hall–Kier alpha value is -2.86. The van der Waals surface area contributed by atoms with Crippen molar-refractivity contribution in [3.8, 4) is 0 Å². The predicted molar refractivity (Wildman–Crippen MR) is 95.1 cm³/mol. The Bertz CT molecular complexity index is 1000. The van der Waals surface area contributed by atoms with Crippen molar-refractivity contribution in [3.05, 3.63) is 63.6 Å². The number of carbonyl (C=O) groups is 2. The van der Waals surface area contributed by atoms with Crippen LogP contribution in [0.5, 0.6) is 0 Å². The van der Waals surface area contributed by atoms with Gasteiger partial charge in [0.15, 0.2) is 11.4 Å². The average molecular weight is 359 g/mol. The standard InChI is InChI=1S/C18H15ClN2O4/c1-21-14-10-13(6-8-16(14)25-18(21)24)20-17(23)9-7-15(22)11-2-4-12(19)5-3-11/h2-6,8,10H,7,9H2,1H3,(H,20,23). The molecule has 2 aromatic carbocycles. The Kier molecular flexibility index (Phi) is 4.72.